The second-order valence-corrected chi connectivity index (χ2v) is 6.47. The number of alkyl halides is 1. The zero-order chi connectivity index (χ0) is 15.1. The van der Waals surface area contributed by atoms with Gasteiger partial charge in [-0.3, -0.25) is 0 Å². The summed E-state index contributed by atoms with van der Waals surface area (Å²) in [5.41, 5.74) is 2.71. The highest BCUT2D eigenvalue weighted by Gasteiger charge is 2.10. The third-order valence-corrected chi connectivity index (χ3v) is 4.51. The van der Waals surface area contributed by atoms with Crippen LogP contribution in [0.2, 0.25) is 0 Å². The Hall–Kier alpha value is -0.990. The molecule has 0 aliphatic heterocycles. The second kappa shape index (κ2) is 8.45. The SMILES string of the molecule is Cc1ccccc1CC(CCl)CCOc1cccc(Br)c1. The first-order valence-corrected chi connectivity index (χ1v) is 8.50. The first-order valence-electron chi connectivity index (χ1n) is 7.18. The molecule has 2 aromatic rings. The molecule has 0 aliphatic rings. The molecule has 0 heterocycles. The fourth-order valence-corrected chi connectivity index (χ4v) is 2.93. The van der Waals surface area contributed by atoms with Gasteiger partial charge in [0, 0.05) is 10.4 Å². The lowest BCUT2D eigenvalue weighted by molar-refractivity contribution is 0.284. The molecular weight excluding hydrogens is 348 g/mol. The van der Waals surface area contributed by atoms with Crippen LogP contribution in [0.3, 0.4) is 0 Å². The lowest BCUT2D eigenvalue weighted by Gasteiger charge is -2.16. The van der Waals surface area contributed by atoms with Gasteiger partial charge in [0.1, 0.15) is 5.75 Å². The molecule has 21 heavy (non-hydrogen) atoms. The van der Waals surface area contributed by atoms with E-state index in [0.29, 0.717) is 18.4 Å². The molecule has 0 radical (unpaired) electrons. The van der Waals surface area contributed by atoms with Crippen molar-refractivity contribution in [2.45, 2.75) is 19.8 Å². The quantitative estimate of drug-likeness (QED) is 0.577. The minimum absolute atomic E-state index is 0.444. The topological polar surface area (TPSA) is 9.23 Å². The zero-order valence-electron chi connectivity index (χ0n) is 12.2. The summed E-state index contributed by atoms with van der Waals surface area (Å²) in [6.45, 7) is 2.85. The van der Waals surface area contributed by atoms with Crippen molar-refractivity contribution in [3.05, 3.63) is 64.1 Å². The maximum atomic E-state index is 6.11. The van der Waals surface area contributed by atoms with Crippen molar-refractivity contribution < 1.29 is 4.74 Å². The van der Waals surface area contributed by atoms with Crippen LogP contribution in [0.25, 0.3) is 0 Å². The molecule has 0 saturated heterocycles. The fraction of sp³-hybridized carbons (Fsp3) is 0.333. The molecule has 0 aliphatic carbocycles. The Balaban J connectivity index is 1.84. The summed E-state index contributed by atoms with van der Waals surface area (Å²) in [6.07, 6.45) is 1.97. The third kappa shape index (κ3) is 5.37. The Bertz CT molecular complexity index is 571. The predicted octanol–water partition coefficient (Wildman–Crippen LogP) is 5.62. The molecule has 1 nitrogen and oxygen atoms in total. The van der Waals surface area contributed by atoms with E-state index in [2.05, 4.69) is 47.1 Å². The van der Waals surface area contributed by atoms with Crippen LogP contribution in [0.5, 0.6) is 5.75 Å². The monoisotopic (exact) mass is 366 g/mol. The van der Waals surface area contributed by atoms with Crippen molar-refractivity contribution in [1.29, 1.82) is 0 Å². The Morgan fingerprint density at radius 1 is 1.14 bits per heavy atom. The van der Waals surface area contributed by atoms with Crippen LogP contribution in [0.4, 0.5) is 0 Å². The van der Waals surface area contributed by atoms with Crippen LogP contribution in [-0.4, -0.2) is 12.5 Å². The molecule has 2 aromatic carbocycles. The first kappa shape index (κ1) is 16.4. The van der Waals surface area contributed by atoms with E-state index in [1.165, 1.54) is 11.1 Å². The molecule has 0 bridgehead atoms. The Morgan fingerprint density at radius 3 is 2.67 bits per heavy atom. The van der Waals surface area contributed by atoms with E-state index in [4.69, 9.17) is 16.3 Å². The zero-order valence-corrected chi connectivity index (χ0v) is 14.5. The smallest absolute Gasteiger partial charge is 0.120 e. The van der Waals surface area contributed by atoms with Gasteiger partial charge in [0.25, 0.3) is 0 Å². The fourth-order valence-electron chi connectivity index (χ4n) is 2.28. The summed E-state index contributed by atoms with van der Waals surface area (Å²) in [5.74, 6) is 2.00. The van der Waals surface area contributed by atoms with E-state index in [1.807, 2.05) is 24.3 Å². The van der Waals surface area contributed by atoms with Gasteiger partial charge in [0.05, 0.1) is 6.61 Å². The van der Waals surface area contributed by atoms with Crippen LogP contribution in [0.15, 0.2) is 53.0 Å². The standard InChI is InChI=1S/C18H20BrClO/c1-14-5-2-3-6-16(14)11-15(13-20)9-10-21-18-8-4-7-17(19)12-18/h2-8,12,15H,9-11,13H2,1H3. The van der Waals surface area contributed by atoms with Gasteiger partial charge in [0.2, 0.25) is 0 Å². The summed E-state index contributed by atoms with van der Waals surface area (Å²) < 4.78 is 6.83. The second-order valence-electron chi connectivity index (χ2n) is 5.25. The van der Waals surface area contributed by atoms with E-state index in [0.717, 1.165) is 23.1 Å². The van der Waals surface area contributed by atoms with Crippen molar-refractivity contribution in [1.82, 2.24) is 0 Å². The third-order valence-electron chi connectivity index (χ3n) is 3.58. The Labute approximate surface area is 140 Å². The van der Waals surface area contributed by atoms with Gasteiger partial charge in [-0.25, -0.2) is 0 Å². The molecule has 0 aromatic heterocycles. The van der Waals surface area contributed by atoms with Crippen LogP contribution in [-0.2, 0) is 6.42 Å². The van der Waals surface area contributed by atoms with Gasteiger partial charge >= 0.3 is 0 Å². The number of hydrogen-bond acceptors (Lipinski definition) is 1. The minimum atomic E-state index is 0.444. The van der Waals surface area contributed by atoms with E-state index < -0.39 is 0 Å². The van der Waals surface area contributed by atoms with Crippen LogP contribution >= 0.6 is 27.5 Å². The summed E-state index contributed by atoms with van der Waals surface area (Å²) in [5, 5.41) is 0. The van der Waals surface area contributed by atoms with Crippen molar-refractivity contribution in [2.75, 3.05) is 12.5 Å². The molecular formula is C18H20BrClO. The average molecular weight is 368 g/mol. The molecule has 0 saturated carbocycles. The maximum Gasteiger partial charge on any atom is 0.120 e. The molecule has 0 fully saturated rings. The van der Waals surface area contributed by atoms with E-state index in [9.17, 15) is 0 Å². The number of benzene rings is 2. The summed E-state index contributed by atoms with van der Waals surface area (Å²) in [4.78, 5) is 0. The summed E-state index contributed by atoms with van der Waals surface area (Å²) >= 11 is 9.56. The van der Waals surface area contributed by atoms with Crippen molar-refractivity contribution >= 4 is 27.5 Å². The number of hydrogen-bond donors (Lipinski definition) is 0. The molecule has 0 N–H and O–H groups in total. The van der Waals surface area contributed by atoms with Gasteiger partial charge in [-0.05, 0) is 55.0 Å². The van der Waals surface area contributed by atoms with Gasteiger partial charge in [-0.1, -0.05) is 46.3 Å². The minimum Gasteiger partial charge on any atom is -0.494 e. The van der Waals surface area contributed by atoms with Gasteiger partial charge < -0.3 is 4.74 Å². The normalized spacial score (nSPS) is 12.1. The van der Waals surface area contributed by atoms with E-state index in [-0.39, 0.29) is 0 Å². The van der Waals surface area contributed by atoms with Gasteiger partial charge in [-0.15, -0.1) is 11.6 Å². The Kier molecular flexibility index (Phi) is 6.59. The van der Waals surface area contributed by atoms with Crippen LogP contribution in [0.1, 0.15) is 17.5 Å². The molecule has 0 spiro atoms. The highest BCUT2D eigenvalue weighted by molar-refractivity contribution is 9.10. The van der Waals surface area contributed by atoms with Crippen molar-refractivity contribution in [3.63, 3.8) is 0 Å². The molecule has 1 unspecified atom stereocenters. The van der Waals surface area contributed by atoms with Crippen molar-refractivity contribution in [3.8, 4) is 5.75 Å². The van der Waals surface area contributed by atoms with Crippen LogP contribution < -0.4 is 4.74 Å². The number of ether oxygens (including phenoxy) is 1. The highest BCUT2D eigenvalue weighted by Crippen LogP contribution is 2.20. The predicted molar refractivity (Wildman–Crippen MR) is 93.3 cm³/mol. The van der Waals surface area contributed by atoms with Crippen molar-refractivity contribution in [2.24, 2.45) is 5.92 Å². The molecule has 0 amide bonds. The molecule has 3 heteroatoms. The average Bonchev–Trinajstić information content (AvgIpc) is 2.48. The molecule has 2 rings (SSSR count). The Morgan fingerprint density at radius 2 is 1.95 bits per heavy atom. The van der Waals surface area contributed by atoms with Crippen LogP contribution in [0, 0.1) is 12.8 Å². The lowest BCUT2D eigenvalue weighted by Crippen LogP contribution is -2.12. The lowest BCUT2D eigenvalue weighted by atomic mass is 9.95. The molecule has 1 atom stereocenters. The molecule has 112 valence electrons. The van der Waals surface area contributed by atoms with E-state index in [1.54, 1.807) is 0 Å². The highest BCUT2D eigenvalue weighted by atomic mass is 79.9. The number of rotatable bonds is 7. The summed E-state index contributed by atoms with van der Waals surface area (Å²) in [6, 6.07) is 16.4. The van der Waals surface area contributed by atoms with E-state index >= 15 is 0 Å². The van der Waals surface area contributed by atoms with Gasteiger partial charge in [0.15, 0.2) is 0 Å². The first-order chi connectivity index (χ1) is 10.2. The maximum absolute atomic E-state index is 6.11. The number of aryl methyl sites for hydroxylation is 1. The summed E-state index contributed by atoms with van der Waals surface area (Å²) in [7, 11) is 0. The number of halogens is 2. The van der Waals surface area contributed by atoms with Gasteiger partial charge in [-0.2, -0.15) is 0 Å². The largest absolute Gasteiger partial charge is 0.494 e.